The minimum atomic E-state index is -0.346. The minimum Gasteiger partial charge on any atom is -0.497 e. The van der Waals surface area contributed by atoms with Crippen LogP contribution in [0, 0.1) is 0 Å². The molecule has 1 atom stereocenters. The second-order valence-corrected chi connectivity index (χ2v) is 7.68. The van der Waals surface area contributed by atoms with Crippen molar-refractivity contribution in [2.45, 2.75) is 6.04 Å². The van der Waals surface area contributed by atoms with Crippen LogP contribution in [0.4, 0.5) is 5.13 Å². The molecule has 5 rings (SSSR count). The first-order valence-electron chi connectivity index (χ1n) is 9.45. The summed E-state index contributed by atoms with van der Waals surface area (Å²) in [6, 6.07) is 25.2. The van der Waals surface area contributed by atoms with Gasteiger partial charge in [0.1, 0.15) is 11.8 Å². The van der Waals surface area contributed by atoms with Crippen LogP contribution in [0.25, 0.3) is 21.7 Å². The monoisotopic (exact) mass is 414 g/mol. The molecule has 3 aromatic carbocycles. The van der Waals surface area contributed by atoms with Crippen LogP contribution in [-0.4, -0.2) is 22.3 Å². The molecular weight excluding hydrogens is 396 g/mol. The van der Waals surface area contributed by atoms with Crippen molar-refractivity contribution in [3.63, 3.8) is 0 Å². The normalized spacial score (nSPS) is 12.0. The van der Waals surface area contributed by atoms with Crippen LogP contribution in [0.1, 0.15) is 17.5 Å². The van der Waals surface area contributed by atoms with Gasteiger partial charge >= 0.3 is 0 Å². The highest BCUT2D eigenvalue weighted by atomic mass is 32.1. The Labute approximate surface area is 177 Å². The summed E-state index contributed by atoms with van der Waals surface area (Å²) in [6.07, 6.45) is 0. The second-order valence-electron chi connectivity index (χ2n) is 6.65. The number of nitrogens with zero attached hydrogens (tertiary/aromatic N) is 3. The van der Waals surface area contributed by atoms with Crippen molar-refractivity contribution in [1.82, 2.24) is 15.2 Å². The molecule has 7 heteroatoms. The number of hydrogen-bond donors (Lipinski definition) is 1. The van der Waals surface area contributed by atoms with Crippen molar-refractivity contribution in [3.8, 4) is 17.2 Å². The van der Waals surface area contributed by atoms with Gasteiger partial charge in [-0.2, -0.15) is 0 Å². The number of fused-ring (bicyclic) bond motifs is 1. The molecule has 0 aliphatic rings. The van der Waals surface area contributed by atoms with Crippen molar-refractivity contribution in [2.75, 3.05) is 12.4 Å². The van der Waals surface area contributed by atoms with Gasteiger partial charge in [0.05, 0.1) is 17.3 Å². The number of para-hydroxylation sites is 1. The lowest BCUT2D eigenvalue weighted by Crippen LogP contribution is -2.12. The number of benzene rings is 3. The molecule has 0 amide bonds. The molecule has 0 radical (unpaired) electrons. The van der Waals surface area contributed by atoms with Crippen molar-refractivity contribution in [2.24, 2.45) is 0 Å². The molecule has 2 heterocycles. The Balaban J connectivity index is 1.53. The summed E-state index contributed by atoms with van der Waals surface area (Å²) < 4.78 is 12.5. The average molecular weight is 414 g/mol. The van der Waals surface area contributed by atoms with E-state index in [2.05, 4.69) is 21.6 Å². The van der Waals surface area contributed by atoms with Crippen LogP contribution < -0.4 is 10.1 Å². The fraction of sp³-hybridized carbons (Fsp3) is 0.0870. The summed E-state index contributed by atoms with van der Waals surface area (Å²) in [6.45, 7) is 0. The summed E-state index contributed by atoms with van der Waals surface area (Å²) in [5.74, 6) is 1.74. The molecular formula is C23H18N4O2S. The van der Waals surface area contributed by atoms with Gasteiger partial charge in [0.15, 0.2) is 5.13 Å². The zero-order valence-corrected chi connectivity index (χ0v) is 17.0. The topological polar surface area (TPSA) is 73.1 Å². The van der Waals surface area contributed by atoms with Crippen LogP contribution >= 0.6 is 11.3 Å². The lowest BCUT2D eigenvalue weighted by Gasteiger charge is -2.15. The molecule has 30 heavy (non-hydrogen) atoms. The van der Waals surface area contributed by atoms with E-state index in [1.807, 2.05) is 72.8 Å². The van der Waals surface area contributed by atoms with E-state index >= 15 is 0 Å². The number of thiazole rings is 1. The zero-order valence-electron chi connectivity index (χ0n) is 16.1. The Kier molecular flexibility index (Phi) is 4.86. The minimum absolute atomic E-state index is 0.346. The van der Waals surface area contributed by atoms with E-state index in [1.165, 1.54) is 0 Å². The molecule has 2 aromatic heterocycles. The van der Waals surface area contributed by atoms with Crippen molar-refractivity contribution >= 4 is 26.7 Å². The lowest BCUT2D eigenvalue weighted by atomic mass is 10.1. The van der Waals surface area contributed by atoms with E-state index in [4.69, 9.17) is 14.1 Å². The molecule has 0 fully saturated rings. The quantitative estimate of drug-likeness (QED) is 0.392. The van der Waals surface area contributed by atoms with Gasteiger partial charge in [0, 0.05) is 5.56 Å². The Morgan fingerprint density at radius 1 is 0.900 bits per heavy atom. The van der Waals surface area contributed by atoms with Gasteiger partial charge in [0.25, 0.3) is 0 Å². The van der Waals surface area contributed by atoms with Gasteiger partial charge in [-0.25, -0.2) is 4.98 Å². The standard InChI is InChI=1S/C23H18N4O2S/c1-28-17-13-11-15(12-14-17)20(25-23-24-18-9-5-6-10-19(18)30-23)22-27-26-21(29-22)16-7-3-2-4-8-16/h2-14,20H,1H3,(H,24,25). The number of anilines is 1. The predicted molar refractivity (Wildman–Crippen MR) is 118 cm³/mol. The number of nitrogens with one attached hydrogen (secondary N) is 1. The van der Waals surface area contributed by atoms with E-state index in [0.717, 1.165) is 32.2 Å². The highest BCUT2D eigenvalue weighted by molar-refractivity contribution is 7.22. The van der Waals surface area contributed by atoms with Crippen molar-refractivity contribution in [1.29, 1.82) is 0 Å². The third-order valence-corrected chi connectivity index (χ3v) is 5.69. The van der Waals surface area contributed by atoms with E-state index < -0.39 is 0 Å². The zero-order chi connectivity index (χ0) is 20.3. The molecule has 0 spiro atoms. The SMILES string of the molecule is COc1ccc(C(Nc2nc3ccccc3s2)c2nnc(-c3ccccc3)o2)cc1. The molecule has 0 saturated heterocycles. The highest BCUT2D eigenvalue weighted by Crippen LogP contribution is 2.33. The lowest BCUT2D eigenvalue weighted by molar-refractivity contribution is 0.414. The van der Waals surface area contributed by atoms with Gasteiger partial charge < -0.3 is 14.5 Å². The summed E-state index contributed by atoms with van der Waals surface area (Å²) in [5.41, 5.74) is 2.80. The van der Waals surface area contributed by atoms with E-state index in [9.17, 15) is 0 Å². The Bertz CT molecular complexity index is 1230. The number of aromatic nitrogens is 3. The predicted octanol–water partition coefficient (Wildman–Crippen LogP) is 5.56. The van der Waals surface area contributed by atoms with Gasteiger partial charge in [-0.3, -0.25) is 0 Å². The third-order valence-electron chi connectivity index (χ3n) is 4.72. The van der Waals surface area contributed by atoms with Gasteiger partial charge in [0.2, 0.25) is 11.8 Å². The fourth-order valence-corrected chi connectivity index (χ4v) is 4.08. The van der Waals surface area contributed by atoms with Gasteiger partial charge in [-0.15, -0.1) is 10.2 Å². The summed E-state index contributed by atoms with van der Waals surface area (Å²) >= 11 is 1.59. The first kappa shape index (κ1) is 18.3. The second kappa shape index (κ2) is 7.96. The molecule has 0 aliphatic heterocycles. The number of rotatable bonds is 6. The Hall–Kier alpha value is -3.71. The molecule has 1 N–H and O–H groups in total. The molecule has 0 aliphatic carbocycles. The maximum Gasteiger partial charge on any atom is 0.247 e. The summed E-state index contributed by atoms with van der Waals surface area (Å²) in [7, 11) is 1.65. The Morgan fingerprint density at radius 2 is 1.67 bits per heavy atom. The Morgan fingerprint density at radius 3 is 2.43 bits per heavy atom. The number of ether oxygens (including phenoxy) is 1. The first-order chi connectivity index (χ1) is 14.8. The van der Waals surface area contributed by atoms with Crippen LogP contribution in [0.3, 0.4) is 0 Å². The smallest absolute Gasteiger partial charge is 0.247 e. The van der Waals surface area contributed by atoms with Gasteiger partial charge in [-0.1, -0.05) is 53.8 Å². The maximum absolute atomic E-state index is 6.05. The van der Waals surface area contributed by atoms with E-state index in [1.54, 1.807) is 18.4 Å². The van der Waals surface area contributed by atoms with E-state index in [-0.39, 0.29) is 6.04 Å². The molecule has 148 valence electrons. The molecule has 1 unspecified atom stereocenters. The molecule has 6 nitrogen and oxygen atoms in total. The molecule has 0 bridgehead atoms. The maximum atomic E-state index is 6.05. The first-order valence-corrected chi connectivity index (χ1v) is 10.3. The average Bonchev–Trinajstić information content (AvgIpc) is 3.45. The van der Waals surface area contributed by atoms with Crippen LogP contribution in [0.15, 0.2) is 83.3 Å². The molecule has 5 aromatic rings. The van der Waals surface area contributed by atoms with Crippen molar-refractivity contribution in [3.05, 3.63) is 90.3 Å². The highest BCUT2D eigenvalue weighted by Gasteiger charge is 2.23. The van der Waals surface area contributed by atoms with Crippen LogP contribution in [0.2, 0.25) is 0 Å². The number of hydrogen-bond acceptors (Lipinski definition) is 7. The van der Waals surface area contributed by atoms with Gasteiger partial charge in [-0.05, 0) is 42.0 Å². The number of methoxy groups -OCH3 is 1. The van der Waals surface area contributed by atoms with Crippen LogP contribution in [-0.2, 0) is 0 Å². The largest absolute Gasteiger partial charge is 0.497 e. The van der Waals surface area contributed by atoms with Crippen molar-refractivity contribution < 1.29 is 9.15 Å². The third kappa shape index (κ3) is 3.62. The molecule has 0 saturated carbocycles. The summed E-state index contributed by atoms with van der Waals surface area (Å²) in [5, 5.41) is 12.8. The van der Waals surface area contributed by atoms with Crippen LogP contribution in [0.5, 0.6) is 5.75 Å². The summed E-state index contributed by atoms with van der Waals surface area (Å²) in [4.78, 5) is 4.70. The fourth-order valence-electron chi connectivity index (χ4n) is 3.19. The van der Waals surface area contributed by atoms with E-state index in [0.29, 0.717) is 11.8 Å².